The van der Waals surface area contributed by atoms with Gasteiger partial charge < -0.3 is 5.32 Å². The third kappa shape index (κ3) is 3.26. The second-order valence-corrected chi connectivity index (χ2v) is 7.63. The first-order valence-electron chi connectivity index (χ1n) is 7.24. The summed E-state index contributed by atoms with van der Waals surface area (Å²) in [5, 5.41) is 5.91. The molecule has 0 spiro atoms. The van der Waals surface area contributed by atoms with Crippen LogP contribution in [0.25, 0.3) is 0 Å². The summed E-state index contributed by atoms with van der Waals surface area (Å²) < 4.78 is 0. The average Bonchev–Trinajstić information content (AvgIpc) is 3.00. The third-order valence-corrected chi connectivity index (χ3v) is 5.60. The number of thiazole rings is 1. The molecule has 0 aliphatic heterocycles. The molecule has 1 atom stereocenters. The van der Waals surface area contributed by atoms with Crippen molar-refractivity contribution in [3.05, 3.63) is 49.4 Å². The minimum absolute atomic E-state index is 0.0790. The molecule has 0 amide bonds. The fourth-order valence-electron chi connectivity index (χ4n) is 2.67. The van der Waals surface area contributed by atoms with Gasteiger partial charge in [0.25, 0.3) is 0 Å². The molecule has 1 aromatic heterocycles. The molecule has 2 nitrogen and oxygen atoms in total. The molecule has 1 unspecified atom stereocenters. The van der Waals surface area contributed by atoms with Gasteiger partial charge in [-0.05, 0) is 50.8 Å². The zero-order chi connectivity index (χ0) is 15.0. The predicted molar refractivity (Wildman–Crippen MR) is 90.7 cm³/mol. The Labute approximate surface area is 139 Å². The van der Waals surface area contributed by atoms with E-state index in [0.717, 1.165) is 17.0 Å². The van der Waals surface area contributed by atoms with E-state index < -0.39 is 0 Å². The number of hydrogen-bond donors (Lipinski definition) is 1. The Bertz CT molecular complexity index is 630. The second-order valence-electron chi connectivity index (χ2n) is 5.70. The van der Waals surface area contributed by atoms with Gasteiger partial charge in [-0.3, -0.25) is 0 Å². The maximum absolute atomic E-state index is 6.18. The van der Waals surface area contributed by atoms with Crippen LogP contribution < -0.4 is 5.32 Å². The summed E-state index contributed by atoms with van der Waals surface area (Å²) in [7, 11) is 0. The standard InChI is InChI=1S/C16H18Cl2N2S/c1-9(2)19-15(10-6-7-11(17)12(18)8-10)16-20-13-4-3-5-14(13)21-16/h6-9,15,19H,3-5H2,1-2H3. The zero-order valence-electron chi connectivity index (χ0n) is 12.1. The Morgan fingerprint density at radius 1 is 1.19 bits per heavy atom. The lowest BCUT2D eigenvalue weighted by molar-refractivity contribution is 0.526. The zero-order valence-corrected chi connectivity index (χ0v) is 14.4. The smallest absolute Gasteiger partial charge is 0.115 e. The number of benzene rings is 1. The van der Waals surface area contributed by atoms with Crippen molar-refractivity contribution in [3.8, 4) is 0 Å². The molecule has 21 heavy (non-hydrogen) atoms. The average molecular weight is 341 g/mol. The molecule has 2 aromatic rings. The third-order valence-electron chi connectivity index (χ3n) is 3.64. The van der Waals surface area contributed by atoms with Crippen molar-refractivity contribution in [1.29, 1.82) is 0 Å². The van der Waals surface area contributed by atoms with Gasteiger partial charge in [0.15, 0.2) is 0 Å². The molecule has 1 N–H and O–H groups in total. The van der Waals surface area contributed by atoms with Crippen molar-refractivity contribution in [3.63, 3.8) is 0 Å². The Balaban J connectivity index is 1.98. The summed E-state index contributed by atoms with van der Waals surface area (Å²) in [6.07, 6.45) is 3.52. The summed E-state index contributed by atoms with van der Waals surface area (Å²) in [5.74, 6) is 0. The van der Waals surface area contributed by atoms with Crippen molar-refractivity contribution in [1.82, 2.24) is 10.3 Å². The first-order valence-corrected chi connectivity index (χ1v) is 8.81. The fourth-order valence-corrected chi connectivity index (χ4v) is 4.22. The SMILES string of the molecule is CC(C)NC(c1ccc(Cl)c(Cl)c1)c1nc2c(s1)CCC2. The van der Waals surface area contributed by atoms with E-state index in [-0.39, 0.29) is 6.04 Å². The van der Waals surface area contributed by atoms with Crippen LogP contribution in [0.15, 0.2) is 18.2 Å². The molecule has 0 saturated heterocycles. The molecule has 5 heteroatoms. The maximum atomic E-state index is 6.18. The lowest BCUT2D eigenvalue weighted by atomic mass is 10.1. The first-order chi connectivity index (χ1) is 10.0. The van der Waals surface area contributed by atoms with E-state index >= 15 is 0 Å². The van der Waals surface area contributed by atoms with Crippen LogP contribution in [0.5, 0.6) is 0 Å². The van der Waals surface area contributed by atoms with E-state index in [0.29, 0.717) is 16.1 Å². The summed E-state index contributed by atoms with van der Waals surface area (Å²) in [6.45, 7) is 4.29. The minimum Gasteiger partial charge on any atom is -0.302 e. The molecule has 0 bridgehead atoms. The van der Waals surface area contributed by atoms with Crippen LogP contribution in [-0.2, 0) is 12.8 Å². The van der Waals surface area contributed by atoms with Crippen molar-refractivity contribution < 1.29 is 0 Å². The number of halogens is 2. The molecule has 112 valence electrons. The van der Waals surface area contributed by atoms with Gasteiger partial charge in [-0.2, -0.15) is 0 Å². The number of nitrogens with one attached hydrogen (secondary N) is 1. The van der Waals surface area contributed by atoms with Gasteiger partial charge >= 0.3 is 0 Å². The van der Waals surface area contributed by atoms with Gasteiger partial charge in [0.1, 0.15) is 5.01 Å². The molecule has 1 aromatic carbocycles. The molecule has 0 fully saturated rings. The summed E-state index contributed by atoms with van der Waals surface area (Å²) >= 11 is 14.0. The van der Waals surface area contributed by atoms with Crippen molar-refractivity contribution in [2.75, 3.05) is 0 Å². The van der Waals surface area contributed by atoms with E-state index in [2.05, 4.69) is 19.2 Å². The Kier molecular flexibility index (Phi) is 4.55. The fraction of sp³-hybridized carbons (Fsp3) is 0.438. The monoisotopic (exact) mass is 340 g/mol. The van der Waals surface area contributed by atoms with Crippen molar-refractivity contribution in [2.24, 2.45) is 0 Å². The van der Waals surface area contributed by atoms with Crippen LogP contribution in [-0.4, -0.2) is 11.0 Å². The molecular formula is C16H18Cl2N2S. The van der Waals surface area contributed by atoms with Crippen LogP contribution >= 0.6 is 34.5 Å². The highest BCUT2D eigenvalue weighted by atomic mass is 35.5. The van der Waals surface area contributed by atoms with Crippen molar-refractivity contribution >= 4 is 34.5 Å². The van der Waals surface area contributed by atoms with Gasteiger partial charge in [-0.15, -0.1) is 11.3 Å². The molecule has 1 heterocycles. The molecule has 1 aliphatic rings. The topological polar surface area (TPSA) is 24.9 Å². The minimum atomic E-state index is 0.0790. The largest absolute Gasteiger partial charge is 0.302 e. The number of rotatable bonds is 4. The van der Waals surface area contributed by atoms with Crippen molar-refractivity contribution in [2.45, 2.75) is 45.2 Å². The summed E-state index contributed by atoms with van der Waals surface area (Å²) in [5.41, 5.74) is 2.40. The highest BCUT2D eigenvalue weighted by molar-refractivity contribution is 7.11. The molecule has 0 radical (unpaired) electrons. The highest BCUT2D eigenvalue weighted by Crippen LogP contribution is 2.35. The Morgan fingerprint density at radius 2 is 2.00 bits per heavy atom. The number of aryl methyl sites for hydroxylation is 2. The first kappa shape index (κ1) is 15.3. The van der Waals surface area contributed by atoms with Gasteiger partial charge in [-0.1, -0.05) is 29.3 Å². The van der Waals surface area contributed by atoms with Crippen LogP contribution in [0.1, 0.15) is 47.5 Å². The lowest BCUT2D eigenvalue weighted by Gasteiger charge is -2.20. The predicted octanol–water partition coefficient (Wildman–Crippen LogP) is 5.03. The number of aromatic nitrogens is 1. The number of fused-ring (bicyclic) bond motifs is 1. The van der Waals surface area contributed by atoms with Gasteiger partial charge in [0.2, 0.25) is 0 Å². The van der Waals surface area contributed by atoms with Gasteiger partial charge in [0.05, 0.1) is 21.8 Å². The van der Waals surface area contributed by atoms with E-state index in [1.165, 1.54) is 23.4 Å². The normalized spacial score (nSPS) is 15.5. The molecular weight excluding hydrogens is 323 g/mol. The molecule has 1 aliphatic carbocycles. The van der Waals surface area contributed by atoms with Crippen LogP contribution in [0.4, 0.5) is 0 Å². The molecule has 0 saturated carbocycles. The van der Waals surface area contributed by atoms with Crippen LogP contribution in [0, 0.1) is 0 Å². The van der Waals surface area contributed by atoms with E-state index in [4.69, 9.17) is 28.2 Å². The number of nitrogens with zero attached hydrogens (tertiary/aromatic N) is 1. The quantitative estimate of drug-likeness (QED) is 0.844. The van der Waals surface area contributed by atoms with E-state index in [1.54, 1.807) is 0 Å². The summed E-state index contributed by atoms with van der Waals surface area (Å²) in [6, 6.07) is 6.27. The van der Waals surface area contributed by atoms with E-state index in [1.807, 2.05) is 29.5 Å². The van der Waals surface area contributed by atoms with Crippen LogP contribution in [0.3, 0.4) is 0 Å². The molecule has 3 rings (SSSR count). The summed E-state index contributed by atoms with van der Waals surface area (Å²) in [4.78, 5) is 6.30. The van der Waals surface area contributed by atoms with Gasteiger partial charge in [0, 0.05) is 10.9 Å². The van der Waals surface area contributed by atoms with Gasteiger partial charge in [-0.25, -0.2) is 4.98 Å². The highest BCUT2D eigenvalue weighted by Gasteiger charge is 2.24. The second kappa shape index (κ2) is 6.25. The Hall–Kier alpha value is -0.610. The van der Waals surface area contributed by atoms with Crippen LogP contribution in [0.2, 0.25) is 10.0 Å². The Morgan fingerprint density at radius 3 is 2.67 bits per heavy atom. The lowest BCUT2D eigenvalue weighted by Crippen LogP contribution is -2.29. The van der Waals surface area contributed by atoms with E-state index in [9.17, 15) is 0 Å². The number of hydrogen-bond acceptors (Lipinski definition) is 3. The maximum Gasteiger partial charge on any atom is 0.115 e.